The molecule has 2 aliphatic heterocycles. The summed E-state index contributed by atoms with van der Waals surface area (Å²) in [5.74, 6) is -1.99. The summed E-state index contributed by atoms with van der Waals surface area (Å²) in [6, 6.07) is 24.6. The standard InChI is InChI=1S/C22H27NO3S.C16H13N3O4S/c1-14(2)23(21(24)17-11-9-15(3)10-12-17)18-13-19(27-20(18)22(25)26)16-7-5-4-6-8-16;20-14-9-5-1-2-6-10(9)18-16(21)13(14)15-17-11-7-3-4-8-12(11)24(22,23)19-15/h4-8,13-15,17H,9-12H2,1-3H3,(H,25,26);1-8,13-14,20H,(H,17,19)(H,18,21). The minimum Gasteiger partial charge on any atom is -0.477 e. The molecule has 0 bridgehead atoms. The Bertz CT molecular complexity index is 2090. The van der Waals surface area contributed by atoms with Gasteiger partial charge in [-0.15, -0.1) is 15.7 Å². The van der Waals surface area contributed by atoms with Crippen molar-refractivity contribution in [3.8, 4) is 10.4 Å². The third kappa shape index (κ3) is 7.46. The van der Waals surface area contributed by atoms with Gasteiger partial charge in [-0.2, -0.15) is 8.42 Å². The van der Waals surface area contributed by atoms with Crippen molar-refractivity contribution in [1.29, 1.82) is 0 Å². The molecule has 2 unspecified atom stereocenters. The van der Waals surface area contributed by atoms with E-state index in [4.69, 9.17) is 0 Å². The predicted molar refractivity (Wildman–Crippen MR) is 199 cm³/mol. The Morgan fingerprint density at radius 2 is 1.53 bits per heavy atom. The Hall–Kier alpha value is -4.85. The van der Waals surface area contributed by atoms with Gasteiger partial charge >= 0.3 is 5.97 Å². The fourth-order valence-electron chi connectivity index (χ4n) is 6.76. The zero-order valence-electron chi connectivity index (χ0n) is 28.4. The fraction of sp³-hybridized carbons (Fsp3) is 0.316. The molecule has 0 radical (unpaired) electrons. The molecule has 7 rings (SSSR count). The van der Waals surface area contributed by atoms with Crippen LogP contribution in [0, 0.1) is 17.8 Å². The molecule has 2 atom stereocenters. The van der Waals surface area contributed by atoms with Crippen LogP contribution in [0.4, 0.5) is 17.1 Å². The van der Waals surface area contributed by atoms with Gasteiger partial charge in [0.25, 0.3) is 10.0 Å². The van der Waals surface area contributed by atoms with Crippen molar-refractivity contribution in [2.75, 3.05) is 15.5 Å². The summed E-state index contributed by atoms with van der Waals surface area (Å²) in [7, 11) is -3.93. The van der Waals surface area contributed by atoms with Gasteiger partial charge in [-0.1, -0.05) is 67.6 Å². The molecule has 1 saturated carbocycles. The fourth-order valence-corrected chi connectivity index (χ4v) is 8.92. The molecule has 1 aromatic heterocycles. The van der Waals surface area contributed by atoms with Gasteiger partial charge in [0.1, 0.15) is 21.5 Å². The summed E-state index contributed by atoms with van der Waals surface area (Å²) in [5, 5.41) is 25.9. The van der Waals surface area contributed by atoms with E-state index in [-0.39, 0.29) is 33.5 Å². The number of carboxylic acids is 1. The normalized spacial score (nSPS) is 21.8. The van der Waals surface area contributed by atoms with Crippen molar-refractivity contribution in [1.82, 2.24) is 0 Å². The van der Waals surface area contributed by atoms with E-state index in [1.165, 1.54) is 17.4 Å². The molecule has 2 amide bonds. The number of sulfonamides is 1. The van der Waals surface area contributed by atoms with Crippen LogP contribution in [0.2, 0.25) is 0 Å². The average Bonchev–Trinajstić information content (AvgIpc) is 3.54. The smallest absolute Gasteiger partial charge is 0.348 e. The molecule has 11 nitrogen and oxygen atoms in total. The number of aliphatic hydroxyl groups is 1. The molecule has 51 heavy (non-hydrogen) atoms. The Morgan fingerprint density at radius 3 is 2.20 bits per heavy atom. The highest BCUT2D eigenvalue weighted by Gasteiger charge is 2.41. The lowest BCUT2D eigenvalue weighted by atomic mass is 9.82. The Kier molecular flexibility index (Phi) is 10.4. The van der Waals surface area contributed by atoms with Gasteiger partial charge in [-0.05, 0) is 75.3 Å². The van der Waals surface area contributed by atoms with E-state index in [1.807, 2.05) is 50.2 Å². The third-order valence-corrected chi connectivity index (χ3v) is 11.9. The molecule has 13 heteroatoms. The lowest BCUT2D eigenvalue weighted by Crippen LogP contribution is -2.43. The second kappa shape index (κ2) is 14.8. The van der Waals surface area contributed by atoms with Crippen LogP contribution >= 0.6 is 11.3 Å². The number of carboxylic acid groups (broad SMARTS) is 1. The first-order valence-corrected chi connectivity index (χ1v) is 19.2. The first-order chi connectivity index (χ1) is 24.4. The van der Waals surface area contributed by atoms with Crippen LogP contribution in [-0.2, 0) is 19.6 Å². The molecule has 1 fully saturated rings. The number of hydrogen-bond donors (Lipinski definition) is 4. The lowest BCUT2D eigenvalue weighted by Gasteiger charge is -2.33. The van der Waals surface area contributed by atoms with Gasteiger partial charge in [-0.3, -0.25) is 9.59 Å². The van der Waals surface area contributed by atoms with Gasteiger partial charge in [0.2, 0.25) is 11.8 Å². The van der Waals surface area contributed by atoms with Crippen molar-refractivity contribution in [3.63, 3.8) is 0 Å². The highest BCUT2D eigenvalue weighted by Crippen LogP contribution is 2.40. The predicted octanol–water partition coefficient (Wildman–Crippen LogP) is 7.18. The molecular weight excluding hydrogens is 689 g/mol. The summed E-state index contributed by atoms with van der Waals surface area (Å²) in [6.07, 6.45) is 2.71. The zero-order valence-corrected chi connectivity index (χ0v) is 30.1. The summed E-state index contributed by atoms with van der Waals surface area (Å²) >= 11 is 1.24. The van der Waals surface area contributed by atoms with Gasteiger partial charge in [0.15, 0.2) is 0 Å². The van der Waals surface area contributed by atoms with E-state index in [0.29, 0.717) is 28.5 Å². The molecular formula is C38H40N4O7S2. The average molecular weight is 729 g/mol. The number of carbonyl (C=O) groups excluding carboxylic acids is 2. The minimum absolute atomic E-state index is 0.00896. The summed E-state index contributed by atoms with van der Waals surface area (Å²) in [5.41, 5.74) is 2.86. The highest BCUT2D eigenvalue weighted by atomic mass is 32.2. The molecule has 3 heterocycles. The highest BCUT2D eigenvalue weighted by molar-refractivity contribution is 7.90. The Labute approximate surface area is 301 Å². The number of amides is 2. The number of aromatic carboxylic acids is 1. The third-order valence-electron chi connectivity index (χ3n) is 9.42. The number of carbonyl (C=O) groups is 3. The van der Waals surface area contributed by atoms with Crippen LogP contribution in [0.3, 0.4) is 0 Å². The van der Waals surface area contributed by atoms with E-state index in [9.17, 15) is 33.0 Å². The minimum atomic E-state index is -3.93. The van der Waals surface area contributed by atoms with Crippen molar-refractivity contribution in [2.45, 2.75) is 63.5 Å². The van der Waals surface area contributed by atoms with Crippen LogP contribution in [0.1, 0.15) is 67.8 Å². The number of para-hydroxylation sites is 2. The molecule has 0 saturated heterocycles. The number of hydrogen-bond acceptors (Lipinski definition) is 8. The topological polar surface area (TPSA) is 165 Å². The monoisotopic (exact) mass is 728 g/mol. The summed E-state index contributed by atoms with van der Waals surface area (Å²) in [6.45, 7) is 6.14. The summed E-state index contributed by atoms with van der Waals surface area (Å²) in [4.78, 5) is 40.5. The van der Waals surface area contributed by atoms with Crippen molar-refractivity contribution < 1.29 is 33.0 Å². The van der Waals surface area contributed by atoms with Crippen LogP contribution < -0.4 is 15.5 Å². The van der Waals surface area contributed by atoms with Gasteiger partial charge in [0.05, 0.1) is 17.5 Å². The van der Waals surface area contributed by atoms with Crippen LogP contribution in [0.15, 0.2) is 94.2 Å². The largest absolute Gasteiger partial charge is 0.477 e. The number of anilines is 3. The number of amidine groups is 1. The lowest BCUT2D eigenvalue weighted by molar-refractivity contribution is -0.124. The first-order valence-electron chi connectivity index (χ1n) is 16.9. The number of nitrogens with zero attached hydrogens (tertiary/aromatic N) is 2. The number of aliphatic hydroxyl groups excluding tert-OH is 1. The molecule has 0 spiro atoms. The molecule has 3 aliphatic rings. The number of nitrogens with one attached hydrogen (secondary N) is 2. The number of benzene rings is 3. The molecule has 3 aromatic carbocycles. The van der Waals surface area contributed by atoms with Gasteiger partial charge < -0.3 is 25.7 Å². The van der Waals surface area contributed by atoms with Crippen molar-refractivity contribution >= 4 is 62.0 Å². The van der Waals surface area contributed by atoms with Crippen molar-refractivity contribution in [2.24, 2.45) is 22.2 Å². The first kappa shape index (κ1) is 36.0. The molecule has 266 valence electrons. The Morgan fingerprint density at radius 1 is 0.902 bits per heavy atom. The SMILES string of the molecule is CC1CCC(C(=O)N(c2cc(-c3ccccc3)sc2C(=O)O)C(C)C)CC1.O=C1Nc2ccccc2C(O)C1C1=NS(=O)(=O)c2ccccc2N1. The van der Waals surface area contributed by atoms with Crippen LogP contribution in [-0.4, -0.2) is 48.3 Å². The van der Waals surface area contributed by atoms with Crippen LogP contribution in [0.5, 0.6) is 0 Å². The second-order valence-electron chi connectivity index (χ2n) is 13.3. The van der Waals surface area contributed by atoms with Crippen LogP contribution in [0.25, 0.3) is 10.4 Å². The molecule has 1 aliphatic carbocycles. The Balaban J connectivity index is 0.000000177. The maximum absolute atomic E-state index is 13.3. The van der Waals surface area contributed by atoms with E-state index in [1.54, 1.807) is 47.4 Å². The van der Waals surface area contributed by atoms with E-state index < -0.39 is 33.9 Å². The number of thiophene rings is 1. The maximum Gasteiger partial charge on any atom is 0.348 e. The maximum atomic E-state index is 13.3. The summed E-state index contributed by atoms with van der Waals surface area (Å²) < 4.78 is 28.4. The van der Waals surface area contributed by atoms with Gasteiger partial charge in [-0.25, -0.2) is 4.79 Å². The van der Waals surface area contributed by atoms with E-state index in [2.05, 4.69) is 22.0 Å². The zero-order chi connectivity index (χ0) is 36.4. The quantitative estimate of drug-likeness (QED) is 0.162. The van der Waals surface area contributed by atoms with E-state index >= 15 is 0 Å². The number of fused-ring (bicyclic) bond motifs is 2. The second-order valence-corrected chi connectivity index (χ2v) is 16.0. The number of rotatable bonds is 6. The van der Waals surface area contributed by atoms with E-state index in [0.717, 1.165) is 36.1 Å². The molecule has 4 aromatic rings. The van der Waals surface area contributed by atoms with Crippen molar-refractivity contribution in [3.05, 3.63) is 95.4 Å². The van der Waals surface area contributed by atoms with Gasteiger partial charge in [0, 0.05) is 28.1 Å². The molecule has 4 N–H and O–H groups in total.